The van der Waals surface area contributed by atoms with Crippen LogP contribution in [-0.4, -0.2) is 9.97 Å². The third-order valence-corrected chi connectivity index (χ3v) is 5.26. The van der Waals surface area contributed by atoms with Crippen LogP contribution in [0.5, 0.6) is 0 Å². The van der Waals surface area contributed by atoms with Gasteiger partial charge in [0, 0.05) is 34.9 Å². The first-order valence-electron chi connectivity index (χ1n) is 9.36. The van der Waals surface area contributed by atoms with Crippen molar-refractivity contribution < 1.29 is 4.74 Å². The first-order chi connectivity index (χ1) is 13.2. The molecule has 5 rings (SSSR count). The molecule has 5 N–H and O–H groups in total. The molecule has 1 aliphatic heterocycles. The number of hydrogen-bond acceptors (Lipinski definition) is 5. The molecule has 1 aromatic heterocycles. The second-order valence-corrected chi connectivity index (χ2v) is 7.31. The molecule has 3 aromatic rings. The van der Waals surface area contributed by atoms with E-state index in [1.165, 1.54) is 18.4 Å². The monoisotopic (exact) mass is 361 g/mol. The van der Waals surface area contributed by atoms with Crippen molar-refractivity contribution in [3.8, 4) is 0 Å². The van der Waals surface area contributed by atoms with Crippen molar-refractivity contribution in [2.24, 2.45) is 5.73 Å². The van der Waals surface area contributed by atoms with E-state index in [2.05, 4.69) is 50.9 Å². The molecular weight excluding hydrogens is 338 g/mol. The largest absolute Gasteiger partial charge is 0.378 e. The van der Waals surface area contributed by atoms with Gasteiger partial charge in [-0.05, 0) is 48.6 Å². The van der Waals surface area contributed by atoms with Gasteiger partial charge in [0.25, 0.3) is 0 Å². The van der Waals surface area contributed by atoms with Gasteiger partial charge in [-0.25, -0.2) is 4.98 Å². The number of aromatic nitrogens is 2. The van der Waals surface area contributed by atoms with Gasteiger partial charge >= 0.3 is 0 Å². The van der Waals surface area contributed by atoms with E-state index in [-0.39, 0.29) is 0 Å². The average molecular weight is 361 g/mol. The molecule has 1 fully saturated rings. The van der Waals surface area contributed by atoms with Crippen molar-refractivity contribution in [1.82, 2.24) is 9.97 Å². The first-order valence-corrected chi connectivity index (χ1v) is 9.36. The van der Waals surface area contributed by atoms with Gasteiger partial charge < -0.3 is 20.4 Å². The van der Waals surface area contributed by atoms with E-state index in [0.717, 1.165) is 28.3 Å². The van der Waals surface area contributed by atoms with Crippen molar-refractivity contribution in [1.29, 1.82) is 0 Å². The van der Waals surface area contributed by atoms with Crippen LogP contribution in [0.1, 0.15) is 41.3 Å². The molecule has 6 heteroatoms. The molecular formula is C21H23N5O. The molecule has 138 valence electrons. The molecule has 27 heavy (non-hydrogen) atoms. The zero-order valence-electron chi connectivity index (χ0n) is 15.0. The van der Waals surface area contributed by atoms with E-state index in [0.29, 0.717) is 19.1 Å². The van der Waals surface area contributed by atoms with Gasteiger partial charge in [-0.3, -0.25) is 5.73 Å². The Balaban J connectivity index is 1.34. The van der Waals surface area contributed by atoms with Crippen molar-refractivity contribution in [3.63, 3.8) is 0 Å². The molecule has 0 spiro atoms. The van der Waals surface area contributed by atoms with Gasteiger partial charge in [0.1, 0.15) is 5.82 Å². The lowest BCUT2D eigenvalue weighted by Gasteiger charge is -2.37. The SMILES string of the molecule is NC1(c2cccc(C3CC3)c2)Nc2ccc(NCc3ncc[nH]3)cc2CO1. The van der Waals surface area contributed by atoms with Crippen LogP contribution in [-0.2, 0) is 23.7 Å². The standard InChI is InChI=1S/C21H23N5O/c22-21(17-3-1-2-15(10-17)14-4-5-14)26-19-7-6-18(11-16(19)13-27-21)25-12-20-23-8-9-24-20/h1-3,6-11,14,25-26H,4-5,12-13,22H2,(H,23,24). The summed E-state index contributed by atoms with van der Waals surface area (Å²) in [5.74, 6) is 0.590. The smallest absolute Gasteiger partial charge is 0.221 e. The van der Waals surface area contributed by atoms with Gasteiger partial charge in [-0.2, -0.15) is 0 Å². The number of benzene rings is 2. The lowest BCUT2D eigenvalue weighted by atomic mass is 10.0. The Kier molecular flexibility index (Phi) is 3.88. The molecule has 1 unspecified atom stereocenters. The minimum atomic E-state index is -0.999. The van der Waals surface area contributed by atoms with Crippen LogP contribution >= 0.6 is 0 Å². The number of fused-ring (bicyclic) bond motifs is 1. The van der Waals surface area contributed by atoms with Crippen LogP contribution in [0.25, 0.3) is 0 Å². The zero-order valence-corrected chi connectivity index (χ0v) is 15.0. The predicted octanol–water partition coefficient (Wildman–Crippen LogP) is 3.61. The number of anilines is 2. The zero-order chi connectivity index (χ0) is 18.3. The fourth-order valence-electron chi connectivity index (χ4n) is 3.55. The second-order valence-electron chi connectivity index (χ2n) is 7.31. The summed E-state index contributed by atoms with van der Waals surface area (Å²) in [6.07, 6.45) is 6.11. The molecule has 0 bridgehead atoms. The minimum Gasteiger partial charge on any atom is -0.378 e. The molecule has 1 atom stereocenters. The van der Waals surface area contributed by atoms with Gasteiger partial charge in [-0.1, -0.05) is 18.2 Å². The number of aromatic amines is 1. The molecule has 0 saturated heterocycles. The molecule has 6 nitrogen and oxygen atoms in total. The van der Waals surface area contributed by atoms with Gasteiger partial charge in [0.05, 0.1) is 13.2 Å². The number of H-pyrrole nitrogens is 1. The number of nitrogens with two attached hydrogens (primary N) is 1. The lowest BCUT2D eigenvalue weighted by molar-refractivity contribution is -0.0433. The predicted molar refractivity (Wildman–Crippen MR) is 105 cm³/mol. The lowest BCUT2D eigenvalue weighted by Crippen LogP contribution is -2.49. The molecule has 1 aliphatic carbocycles. The van der Waals surface area contributed by atoms with Crippen molar-refractivity contribution in [2.45, 2.75) is 37.8 Å². The number of nitrogens with one attached hydrogen (secondary N) is 3. The maximum Gasteiger partial charge on any atom is 0.221 e. The molecule has 0 radical (unpaired) electrons. The summed E-state index contributed by atoms with van der Waals surface area (Å²) in [6, 6.07) is 14.6. The number of nitrogens with zero attached hydrogens (tertiary/aromatic N) is 1. The third-order valence-electron chi connectivity index (χ3n) is 5.26. The van der Waals surface area contributed by atoms with Crippen LogP contribution in [0, 0.1) is 0 Å². The Morgan fingerprint density at radius 3 is 2.96 bits per heavy atom. The topological polar surface area (TPSA) is 88.0 Å². The van der Waals surface area contributed by atoms with Gasteiger partial charge in [-0.15, -0.1) is 0 Å². The summed E-state index contributed by atoms with van der Waals surface area (Å²) in [5, 5.41) is 6.75. The Morgan fingerprint density at radius 2 is 2.15 bits per heavy atom. The van der Waals surface area contributed by atoms with Gasteiger partial charge in [0.15, 0.2) is 0 Å². The highest BCUT2D eigenvalue weighted by Gasteiger charge is 2.34. The third kappa shape index (κ3) is 3.29. The second kappa shape index (κ2) is 6.40. The molecule has 1 saturated carbocycles. The van der Waals surface area contributed by atoms with E-state index < -0.39 is 5.85 Å². The fourth-order valence-corrected chi connectivity index (χ4v) is 3.55. The van der Waals surface area contributed by atoms with E-state index in [9.17, 15) is 0 Å². The number of ether oxygens (including phenoxy) is 1. The Hall–Kier alpha value is -2.83. The Labute approximate surface area is 158 Å². The molecule has 2 aliphatic rings. The number of imidazole rings is 1. The van der Waals surface area contributed by atoms with Crippen LogP contribution in [0.3, 0.4) is 0 Å². The summed E-state index contributed by atoms with van der Waals surface area (Å²) in [7, 11) is 0. The summed E-state index contributed by atoms with van der Waals surface area (Å²) >= 11 is 0. The Bertz CT molecular complexity index is 951. The van der Waals surface area contributed by atoms with E-state index >= 15 is 0 Å². The van der Waals surface area contributed by atoms with Crippen LogP contribution in [0.4, 0.5) is 11.4 Å². The number of hydrogen-bond donors (Lipinski definition) is 4. The summed E-state index contributed by atoms with van der Waals surface area (Å²) < 4.78 is 6.06. The highest BCUT2D eigenvalue weighted by molar-refractivity contribution is 5.62. The van der Waals surface area contributed by atoms with Crippen molar-refractivity contribution in [2.75, 3.05) is 10.6 Å². The maximum atomic E-state index is 6.58. The maximum absolute atomic E-state index is 6.58. The summed E-state index contributed by atoms with van der Waals surface area (Å²) in [4.78, 5) is 7.31. The average Bonchev–Trinajstić information content (AvgIpc) is 3.42. The van der Waals surface area contributed by atoms with Crippen LogP contribution in [0.2, 0.25) is 0 Å². The summed E-state index contributed by atoms with van der Waals surface area (Å²) in [6.45, 7) is 1.11. The normalized spacial score (nSPS) is 21.4. The summed E-state index contributed by atoms with van der Waals surface area (Å²) in [5.41, 5.74) is 12.0. The quantitative estimate of drug-likeness (QED) is 0.558. The molecule has 0 amide bonds. The van der Waals surface area contributed by atoms with Crippen LogP contribution < -0.4 is 16.4 Å². The van der Waals surface area contributed by atoms with Crippen molar-refractivity contribution >= 4 is 11.4 Å². The number of rotatable bonds is 5. The van der Waals surface area contributed by atoms with E-state index in [1.54, 1.807) is 6.20 Å². The highest BCUT2D eigenvalue weighted by atomic mass is 16.5. The van der Waals surface area contributed by atoms with E-state index in [4.69, 9.17) is 10.5 Å². The Morgan fingerprint density at radius 1 is 1.22 bits per heavy atom. The molecule has 2 heterocycles. The van der Waals surface area contributed by atoms with Gasteiger partial charge in [0.2, 0.25) is 5.85 Å². The van der Waals surface area contributed by atoms with Crippen molar-refractivity contribution in [3.05, 3.63) is 77.4 Å². The first kappa shape index (κ1) is 16.4. The van der Waals surface area contributed by atoms with Crippen LogP contribution in [0.15, 0.2) is 54.9 Å². The van der Waals surface area contributed by atoms with E-state index in [1.807, 2.05) is 18.3 Å². The minimum absolute atomic E-state index is 0.461. The highest BCUT2D eigenvalue weighted by Crippen LogP contribution is 2.41. The molecule has 2 aromatic carbocycles. The fraction of sp³-hybridized carbons (Fsp3) is 0.286.